The van der Waals surface area contributed by atoms with Gasteiger partial charge in [-0.25, -0.2) is 0 Å². The van der Waals surface area contributed by atoms with Crippen LogP contribution in [0.2, 0.25) is 0 Å². The molecule has 0 aromatic carbocycles. The van der Waals surface area contributed by atoms with Gasteiger partial charge in [0.1, 0.15) is 0 Å². The molecule has 0 radical (unpaired) electrons. The summed E-state index contributed by atoms with van der Waals surface area (Å²) >= 11 is 0. The molecule has 1 heteroatoms. The zero-order valence-electron chi connectivity index (χ0n) is 15.1. The molecule has 21 heavy (non-hydrogen) atoms. The highest BCUT2D eigenvalue weighted by molar-refractivity contribution is 5.14. The molecule has 0 spiro atoms. The van der Waals surface area contributed by atoms with E-state index in [4.69, 9.17) is 0 Å². The van der Waals surface area contributed by atoms with E-state index in [0.717, 1.165) is 17.9 Å². The van der Waals surface area contributed by atoms with Crippen LogP contribution >= 0.6 is 0 Å². The van der Waals surface area contributed by atoms with Crippen molar-refractivity contribution in [1.29, 1.82) is 0 Å². The third-order valence-corrected chi connectivity index (χ3v) is 7.16. The van der Waals surface area contributed by atoms with Crippen molar-refractivity contribution in [3.05, 3.63) is 0 Å². The maximum atomic E-state index is 4.01. The van der Waals surface area contributed by atoms with Gasteiger partial charge in [-0.15, -0.1) is 0 Å². The van der Waals surface area contributed by atoms with E-state index in [2.05, 4.69) is 39.9 Å². The number of hydrogen-bond acceptors (Lipinski definition) is 1. The minimum absolute atomic E-state index is 0.605. The van der Waals surface area contributed by atoms with E-state index < -0.39 is 0 Å². The fourth-order valence-corrected chi connectivity index (χ4v) is 7.44. The molecule has 4 unspecified atom stereocenters. The first-order valence-electron chi connectivity index (χ1n) is 9.57. The number of hydrogen-bond donors (Lipinski definition) is 1. The second kappa shape index (κ2) is 5.25. The predicted molar refractivity (Wildman–Crippen MR) is 91.4 cm³/mol. The van der Waals surface area contributed by atoms with E-state index >= 15 is 0 Å². The van der Waals surface area contributed by atoms with Gasteiger partial charge in [-0.05, 0) is 79.6 Å². The van der Waals surface area contributed by atoms with Crippen molar-refractivity contribution in [2.75, 3.05) is 6.54 Å². The van der Waals surface area contributed by atoms with Crippen LogP contribution in [-0.2, 0) is 0 Å². The zero-order chi connectivity index (χ0) is 15.3. The average molecular weight is 292 g/mol. The lowest BCUT2D eigenvalue weighted by molar-refractivity contribution is -0.163. The monoisotopic (exact) mass is 291 g/mol. The molecule has 1 N–H and O–H groups in total. The molecule has 4 saturated carbocycles. The molecular weight excluding hydrogens is 254 g/mol. The number of nitrogens with one attached hydrogen (secondary N) is 1. The molecule has 4 bridgehead atoms. The van der Waals surface area contributed by atoms with Gasteiger partial charge in [0.25, 0.3) is 0 Å². The van der Waals surface area contributed by atoms with Crippen LogP contribution in [0, 0.1) is 28.1 Å². The van der Waals surface area contributed by atoms with Crippen molar-refractivity contribution >= 4 is 0 Å². The third-order valence-electron chi connectivity index (χ3n) is 7.16. The maximum Gasteiger partial charge on any atom is 0.0149 e. The molecule has 0 heterocycles. The van der Waals surface area contributed by atoms with Crippen LogP contribution in [0.5, 0.6) is 0 Å². The lowest BCUT2D eigenvalue weighted by Gasteiger charge is -2.68. The molecule has 4 rings (SSSR count). The largest absolute Gasteiger partial charge is 0.313 e. The summed E-state index contributed by atoms with van der Waals surface area (Å²) in [5, 5.41) is 4.01. The van der Waals surface area contributed by atoms with Crippen LogP contribution in [0.1, 0.15) is 86.0 Å². The van der Waals surface area contributed by atoms with Gasteiger partial charge in [-0.3, -0.25) is 0 Å². The Balaban J connectivity index is 1.90. The molecule has 4 fully saturated rings. The van der Waals surface area contributed by atoms with Gasteiger partial charge in [0.2, 0.25) is 0 Å². The van der Waals surface area contributed by atoms with Crippen LogP contribution in [0.25, 0.3) is 0 Å². The molecular formula is C20H37N. The van der Waals surface area contributed by atoms with Crippen molar-refractivity contribution in [1.82, 2.24) is 5.32 Å². The fourth-order valence-electron chi connectivity index (χ4n) is 7.44. The Morgan fingerprint density at radius 1 is 1.00 bits per heavy atom. The van der Waals surface area contributed by atoms with Crippen molar-refractivity contribution < 1.29 is 0 Å². The van der Waals surface area contributed by atoms with Gasteiger partial charge in [0.05, 0.1) is 0 Å². The first-order valence-corrected chi connectivity index (χ1v) is 9.57. The minimum Gasteiger partial charge on any atom is -0.313 e. The fraction of sp³-hybridized carbons (Fsp3) is 1.00. The molecule has 122 valence electrons. The first kappa shape index (κ1) is 15.8. The van der Waals surface area contributed by atoms with Crippen LogP contribution < -0.4 is 5.32 Å². The van der Waals surface area contributed by atoms with Crippen LogP contribution in [0.4, 0.5) is 0 Å². The quantitative estimate of drug-likeness (QED) is 0.691. The Kier molecular flexibility index (Phi) is 3.96. The summed E-state index contributed by atoms with van der Waals surface area (Å²) in [6, 6.07) is 0.754. The lowest BCUT2D eigenvalue weighted by atomic mass is 9.38. The lowest BCUT2D eigenvalue weighted by Crippen LogP contribution is -2.62. The minimum atomic E-state index is 0.605. The predicted octanol–water partition coefficient (Wildman–Crippen LogP) is 5.40. The standard InChI is InChI=1S/C20H37N/c1-6-8-21-17(15(3)7-2)20-11-16-9-18(4,13-20)12-19(5,10-16)14-20/h15-17,21H,6-14H2,1-5H3. The first-order chi connectivity index (χ1) is 9.84. The Morgan fingerprint density at radius 2 is 1.62 bits per heavy atom. The van der Waals surface area contributed by atoms with Gasteiger partial charge in [-0.1, -0.05) is 41.0 Å². The van der Waals surface area contributed by atoms with E-state index in [0.29, 0.717) is 16.2 Å². The molecule has 1 nitrogen and oxygen atoms in total. The smallest absolute Gasteiger partial charge is 0.0149 e. The Hall–Kier alpha value is -0.0400. The van der Waals surface area contributed by atoms with Gasteiger partial charge in [-0.2, -0.15) is 0 Å². The van der Waals surface area contributed by atoms with Crippen molar-refractivity contribution in [2.45, 2.75) is 92.0 Å². The van der Waals surface area contributed by atoms with Crippen molar-refractivity contribution in [2.24, 2.45) is 28.1 Å². The summed E-state index contributed by atoms with van der Waals surface area (Å²) in [7, 11) is 0. The number of rotatable bonds is 6. The highest BCUT2D eigenvalue weighted by Gasteiger charge is 2.62. The van der Waals surface area contributed by atoms with E-state index in [1.807, 2.05) is 0 Å². The van der Waals surface area contributed by atoms with E-state index in [1.165, 1.54) is 57.9 Å². The molecule has 4 aliphatic rings. The molecule has 0 saturated heterocycles. The van der Waals surface area contributed by atoms with Gasteiger partial charge in [0, 0.05) is 6.04 Å². The summed E-state index contributed by atoms with van der Waals surface area (Å²) in [5.41, 5.74) is 1.90. The average Bonchev–Trinajstić information content (AvgIpc) is 2.34. The normalized spacial score (nSPS) is 47.6. The zero-order valence-corrected chi connectivity index (χ0v) is 15.1. The van der Waals surface area contributed by atoms with Gasteiger partial charge >= 0.3 is 0 Å². The van der Waals surface area contributed by atoms with E-state index in [-0.39, 0.29) is 0 Å². The molecule has 0 aromatic rings. The van der Waals surface area contributed by atoms with E-state index in [1.54, 1.807) is 0 Å². The van der Waals surface area contributed by atoms with Crippen LogP contribution in [-0.4, -0.2) is 12.6 Å². The molecule has 4 aliphatic carbocycles. The highest BCUT2D eigenvalue weighted by Crippen LogP contribution is 2.70. The maximum absolute atomic E-state index is 4.01. The summed E-state index contributed by atoms with van der Waals surface area (Å²) in [4.78, 5) is 0. The van der Waals surface area contributed by atoms with E-state index in [9.17, 15) is 0 Å². The van der Waals surface area contributed by atoms with Crippen LogP contribution in [0.15, 0.2) is 0 Å². The Labute approximate surface area is 132 Å². The van der Waals surface area contributed by atoms with Gasteiger partial charge < -0.3 is 5.32 Å². The molecule has 0 aromatic heterocycles. The SMILES string of the molecule is CCCNC(C(C)CC)C12CC3CC(C)(CC(C)(C3)C1)C2. The molecule has 0 amide bonds. The van der Waals surface area contributed by atoms with Gasteiger partial charge in [0.15, 0.2) is 0 Å². The Bertz CT molecular complexity index is 369. The second-order valence-electron chi connectivity index (χ2n) is 9.81. The Morgan fingerprint density at radius 3 is 2.10 bits per heavy atom. The summed E-state index contributed by atoms with van der Waals surface area (Å²) < 4.78 is 0. The topological polar surface area (TPSA) is 12.0 Å². The summed E-state index contributed by atoms with van der Waals surface area (Å²) in [5.74, 6) is 1.84. The van der Waals surface area contributed by atoms with Crippen molar-refractivity contribution in [3.8, 4) is 0 Å². The summed E-state index contributed by atoms with van der Waals surface area (Å²) in [6.07, 6.45) is 11.6. The van der Waals surface area contributed by atoms with Crippen LogP contribution in [0.3, 0.4) is 0 Å². The highest BCUT2D eigenvalue weighted by atomic mass is 15.0. The third kappa shape index (κ3) is 2.69. The molecule has 4 atom stereocenters. The van der Waals surface area contributed by atoms with Crippen molar-refractivity contribution in [3.63, 3.8) is 0 Å². The second-order valence-corrected chi connectivity index (χ2v) is 9.81. The molecule has 0 aliphatic heterocycles. The summed E-state index contributed by atoms with van der Waals surface area (Å²) in [6.45, 7) is 13.6.